The van der Waals surface area contributed by atoms with E-state index in [1.54, 1.807) is 24.1 Å². The lowest BCUT2D eigenvalue weighted by Crippen LogP contribution is -2.39. The molecular weight excluding hydrogens is 312 g/mol. The molecule has 0 aromatic heterocycles. The number of benzene rings is 3. The maximum atomic E-state index is 12.6. The van der Waals surface area contributed by atoms with Gasteiger partial charge < -0.3 is 15.3 Å². The van der Waals surface area contributed by atoms with Crippen LogP contribution in [0, 0.1) is 0 Å². The molecule has 0 bridgehead atoms. The lowest BCUT2D eigenvalue weighted by Gasteiger charge is -2.25. The predicted molar refractivity (Wildman–Crippen MR) is 102 cm³/mol. The van der Waals surface area contributed by atoms with Gasteiger partial charge in [-0.05, 0) is 42.5 Å². The summed E-state index contributed by atoms with van der Waals surface area (Å²) in [5.41, 5.74) is 1.89. The molecule has 0 aliphatic carbocycles. The Morgan fingerprint density at radius 3 is 2.48 bits per heavy atom. The van der Waals surface area contributed by atoms with E-state index in [1.807, 2.05) is 61.5 Å². The van der Waals surface area contributed by atoms with Crippen molar-refractivity contribution in [3.05, 3.63) is 72.3 Å². The van der Waals surface area contributed by atoms with Crippen LogP contribution in [0.4, 0.5) is 10.5 Å². The van der Waals surface area contributed by atoms with E-state index >= 15 is 0 Å². The molecule has 0 fully saturated rings. The number of amides is 2. The highest BCUT2D eigenvalue weighted by molar-refractivity contribution is 6.01. The Morgan fingerprint density at radius 2 is 1.72 bits per heavy atom. The smallest absolute Gasteiger partial charge is 0.321 e. The highest BCUT2D eigenvalue weighted by Crippen LogP contribution is 2.23. The fraction of sp³-hybridized carbons (Fsp3) is 0.190. The van der Waals surface area contributed by atoms with Gasteiger partial charge in [0, 0.05) is 18.5 Å². The third-order valence-corrected chi connectivity index (χ3v) is 4.48. The van der Waals surface area contributed by atoms with E-state index in [1.165, 1.54) is 0 Å². The molecule has 2 amide bonds. The van der Waals surface area contributed by atoms with Crippen molar-refractivity contribution in [1.82, 2.24) is 4.90 Å². The van der Waals surface area contributed by atoms with E-state index in [0.717, 1.165) is 28.4 Å². The van der Waals surface area contributed by atoms with Crippen LogP contribution < -0.4 is 5.32 Å². The Bertz CT molecular complexity index is 869. The minimum atomic E-state index is -0.136. The normalized spacial score (nSPS) is 11.9. The first-order chi connectivity index (χ1) is 12.0. The quantitative estimate of drug-likeness (QED) is 0.730. The summed E-state index contributed by atoms with van der Waals surface area (Å²) >= 11 is 0. The number of nitrogens with one attached hydrogen (secondary N) is 1. The van der Waals surface area contributed by atoms with Crippen LogP contribution in [0.1, 0.15) is 12.5 Å². The van der Waals surface area contributed by atoms with Gasteiger partial charge in [-0.15, -0.1) is 0 Å². The van der Waals surface area contributed by atoms with Gasteiger partial charge in [0.2, 0.25) is 0 Å². The van der Waals surface area contributed by atoms with Crippen molar-refractivity contribution in [1.29, 1.82) is 0 Å². The van der Waals surface area contributed by atoms with Crippen LogP contribution in [0.25, 0.3) is 10.8 Å². The van der Waals surface area contributed by atoms with Gasteiger partial charge in [0.05, 0.1) is 5.69 Å². The monoisotopic (exact) mass is 334 g/mol. The fourth-order valence-electron chi connectivity index (χ4n) is 2.85. The van der Waals surface area contributed by atoms with E-state index in [4.69, 9.17) is 0 Å². The number of urea groups is 1. The topological polar surface area (TPSA) is 52.6 Å². The zero-order valence-electron chi connectivity index (χ0n) is 14.4. The molecule has 0 saturated carbocycles. The summed E-state index contributed by atoms with van der Waals surface area (Å²) in [7, 11) is 1.80. The minimum Gasteiger partial charge on any atom is -0.508 e. The molecule has 4 heteroatoms. The molecule has 0 aliphatic rings. The molecule has 2 N–H and O–H groups in total. The Kier molecular flexibility index (Phi) is 4.89. The van der Waals surface area contributed by atoms with Crippen LogP contribution >= 0.6 is 0 Å². The van der Waals surface area contributed by atoms with Gasteiger partial charge >= 0.3 is 6.03 Å². The number of rotatable bonds is 4. The average molecular weight is 334 g/mol. The van der Waals surface area contributed by atoms with Crippen LogP contribution in [0.15, 0.2) is 66.7 Å². The van der Waals surface area contributed by atoms with Crippen molar-refractivity contribution in [2.75, 3.05) is 12.4 Å². The second-order valence-electron chi connectivity index (χ2n) is 6.29. The van der Waals surface area contributed by atoms with Crippen LogP contribution in [-0.2, 0) is 6.42 Å². The van der Waals surface area contributed by atoms with Crippen molar-refractivity contribution < 1.29 is 9.90 Å². The third kappa shape index (κ3) is 3.91. The number of phenolic OH excluding ortho intramolecular Hbond substituents is 1. The van der Waals surface area contributed by atoms with Crippen molar-refractivity contribution in [3.63, 3.8) is 0 Å². The van der Waals surface area contributed by atoms with Crippen molar-refractivity contribution in [2.24, 2.45) is 0 Å². The lowest BCUT2D eigenvalue weighted by atomic mass is 10.1. The summed E-state index contributed by atoms with van der Waals surface area (Å²) in [6.45, 7) is 2.01. The van der Waals surface area contributed by atoms with E-state index in [-0.39, 0.29) is 17.8 Å². The summed E-state index contributed by atoms with van der Waals surface area (Å²) in [6, 6.07) is 20.9. The molecule has 3 aromatic rings. The Hall–Kier alpha value is -3.01. The second-order valence-corrected chi connectivity index (χ2v) is 6.29. The summed E-state index contributed by atoms with van der Waals surface area (Å²) in [5.74, 6) is 0.249. The number of carbonyl (C=O) groups is 1. The largest absolute Gasteiger partial charge is 0.508 e. The standard InChI is InChI=1S/C21H22N2O2/c1-15(14-16-10-12-18(24)13-11-16)23(2)21(25)22-20-9-5-7-17-6-3-4-8-19(17)20/h3-13,15,24H,14H2,1-2H3,(H,22,25). The first-order valence-electron chi connectivity index (χ1n) is 8.34. The molecule has 3 aromatic carbocycles. The highest BCUT2D eigenvalue weighted by atomic mass is 16.3. The number of nitrogens with zero attached hydrogens (tertiary/aromatic N) is 1. The van der Waals surface area contributed by atoms with Crippen LogP contribution in [0.3, 0.4) is 0 Å². The summed E-state index contributed by atoms with van der Waals surface area (Å²) in [6.07, 6.45) is 0.722. The molecule has 1 unspecified atom stereocenters. The lowest BCUT2D eigenvalue weighted by molar-refractivity contribution is 0.207. The molecule has 0 aliphatic heterocycles. The highest BCUT2D eigenvalue weighted by Gasteiger charge is 2.17. The van der Waals surface area contributed by atoms with E-state index in [2.05, 4.69) is 5.32 Å². The Morgan fingerprint density at radius 1 is 1.04 bits per heavy atom. The number of phenols is 1. The van der Waals surface area contributed by atoms with Crippen molar-refractivity contribution >= 4 is 22.5 Å². The van der Waals surface area contributed by atoms with Gasteiger partial charge in [-0.25, -0.2) is 4.79 Å². The zero-order valence-corrected chi connectivity index (χ0v) is 14.4. The number of anilines is 1. The Labute approximate surface area is 147 Å². The molecule has 4 nitrogen and oxygen atoms in total. The first-order valence-corrected chi connectivity index (χ1v) is 8.34. The third-order valence-electron chi connectivity index (χ3n) is 4.48. The van der Waals surface area contributed by atoms with E-state index in [9.17, 15) is 9.90 Å². The number of likely N-dealkylation sites (N-methyl/N-ethyl adjacent to an activating group) is 1. The van der Waals surface area contributed by atoms with Gasteiger partial charge in [-0.2, -0.15) is 0 Å². The van der Waals surface area contributed by atoms with Crippen molar-refractivity contribution in [2.45, 2.75) is 19.4 Å². The Balaban J connectivity index is 1.70. The summed E-state index contributed by atoms with van der Waals surface area (Å²) in [4.78, 5) is 14.3. The van der Waals surface area contributed by atoms with Crippen LogP contribution in [0.5, 0.6) is 5.75 Å². The van der Waals surface area contributed by atoms with Crippen LogP contribution in [-0.4, -0.2) is 29.1 Å². The SMILES string of the molecule is CC(Cc1ccc(O)cc1)N(C)C(=O)Nc1cccc2ccccc12. The van der Waals surface area contributed by atoms with Gasteiger partial charge in [0.15, 0.2) is 0 Å². The fourth-order valence-corrected chi connectivity index (χ4v) is 2.85. The molecule has 1 atom stereocenters. The summed E-state index contributed by atoms with van der Waals surface area (Å²) < 4.78 is 0. The molecular formula is C21H22N2O2. The molecule has 0 heterocycles. The van der Waals surface area contributed by atoms with Gasteiger partial charge in [0.1, 0.15) is 5.75 Å². The molecule has 25 heavy (non-hydrogen) atoms. The molecule has 0 spiro atoms. The number of hydrogen-bond acceptors (Lipinski definition) is 2. The van der Waals surface area contributed by atoms with E-state index < -0.39 is 0 Å². The van der Waals surface area contributed by atoms with E-state index in [0.29, 0.717) is 0 Å². The second kappa shape index (κ2) is 7.26. The van der Waals surface area contributed by atoms with Gasteiger partial charge in [-0.3, -0.25) is 0 Å². The van der Waals surface area contributed by atoms with Crippen LogP contribution in [0.2, 0.25) is 0 Å². The first kappa shape index (κ1) is 16.8. The number of fused-ring (bicyclic) bond motifs is 1. The summed E-state index contributed by atoms with van der Waals surface area (Å²) in [5, 5.41) is 14.5. The zero-order chi connectivity index (χ0) is 17.8. The molecule has 0 radical (unpaired) electrons. The number of hydrogen-bond donors (Lipinski definition) is 2. The number of carbonyl (C=O) groups excluding carboxylic acids is 1. The average Bonchev–Trinajstić information content (AvgIpc) is 2.63. The van der Waals surface area contributed by atoms with Crippen molar-refractivity contribution in [3.8, 4) is 5.75 Å². The minimum absolute atomic E-state index is 0.0273. The van der Waals surface area contributed by atoms with Gasteiger partial charge in [0.25, 0.3) is 0 Å². The number of aromatic hydroxyl groups is 1. The molecule has 128 valence electrons. The maximum absolute atomic E-state index is 12.6. The predicted octanol–water partition coefficient (Wildman–Crippen LogP) is 4.64. The molecule has 3 rings (SSSR count). The van der Waals surface area contributed by atoms with Gasteiger partial charge in [-0.1, -0.05) is 48.5 Å². The molecule has 0 saturated heterocycles. The maximum Gasteiger partial charge on any atom is 0.321 e.